The fourth-order valence-corrected chi connectivity index (χ4v) is 3.62. The number of carboxylic acids is 1. The van der Waals surface area contributed by atoms with Crippen LogP contribution >= 0.6 is 0 Å². The predicted molar refractivity (Wildman–Crippen MR) is 115 cm³/mol. The van der Waals surface area contributed by atoms with Gasteiger partial charge in [-0.1, -0.05) is 54.6 Å². The van der Waals surface area contributed by atoms with E-state index in [0.717, 1.165) is 11.1 Å². The SMILES string of the molecule is N=C(N)c1ccc(CNC(=O)[C@@H]2CCN2C(=O)[C@@H](CCC(=O)O)c2ccccc2)cc1. The number of benzene rings is 2. The number of amides is 2. The van der Waals surface area contributed by atoms with Gasteiger partial charge in [-0.25, -0.2) is 0 Å². The summed E-state index contributed by atoms with van der Waals surface area (Å²) < 4.78 is 0. The number of amidine groups is 1. The highest BCUT2D eigenvalue weighted by atomic mass is 16.4. The van der Waals surface area contributed by atoms with Crippen LogP contribution in [0.4, 0.5) is 0 Å². The van der Waals surface area contributed by atoms with Gasteiger partial charge in [0, 0.05) is 25.1 Å². The maximum Gasteiger partial charge on any atom is 0.303 e. The van der Waals surface area contributed by atoms with Gasteiger partial charge in [0.05, 0.1) is 5.92 Å². The highest BCUT2D eigenvalue weighted by Gasteiger charge is 2.40. The Morgan fingerprint density at radius 3 is 2.35 bits per heavy atom. The normalized spacial score (nSPS) is 16.1. The van der Waals surface area contributed by atoms with E-state index in [1.54, 1.807) is 24.3 Å². The maximum absolute atomic E-state index is 13.1. The molecule has 8 nitrogen and oxygen atoms in total. The zero-order valence-electron chi connectivity index (χ0n) is 17.1. The van der Waals surface area contributed by atoms with E-state index in [1.165, 1.54) is 4.90 Å². The molecule has 2 atom stereocenters. The summed E-state index contributed by atoms with van der Waals surface area (Å²) in [6, 6.07) is 15.5. The van der Waals surface area contributed by atoms with Crippen LogP contribution in [0.15, 0.2) is 54.6 Å². The lowest BCUT2D eigenvalue weighted by molar-refractivity contribution is -0.149. The summed E-state index contributed by atoms with van der Waals surface area (Å²) in [5.74, 6) is -2.02. The van der Waals surface area contributed by atoms with Gasteiger partial charge in [-0.15, -0.1) is 0 Å². The molecule has 31 heavy (non-hydrogen) atoms. The number of rotatable bonds is 9. The molecule has 0 aromatic heterocycles. The number of nitrogen functional groups attached to an aromatic ring is 1. The smallest absolute Gasteiger partial charge is 0.303 e. The van der Waals surface area contributed by atoms with Crippen LogP contribution in [0.2, 0.25) is 0 Å². The Morgan fingerprint density at radius 1 is 1.13 bits per heavy atom. The molecule has 0 spiro atoms. The zero-order chi connectivity index (χ0) is 22.4. The standard InChI is InChI=1S/C23H26N4O4/c24-21(25)17-8-6-15(7-9-17)14-26-22(30)19-12-13-27(19)23(31)18(10-11-20(28)29)16-4-2-1-3-5-16/h1-9,18-19H,10-14H2,(H3,24,25)(H,26,30)(H,28,29)/t18-,19-/m0/s1. The summed E-state index contributed by atoms with van der Waals surface area (Å²) in [5.41, 5.74) is 7.67. The van der Waals surface area contributed by atoms with E-state index < -0.39 is 17.9 Å². The van der Waals surface area contributed by atoms with Crippen LogP contribution in [-0.2, 0) is 20.9 Å². The molecule has 2 aromatic carbocycles. The van der Waals surface area contributed by atoms with Gasteiger partial charge >= 0.3 is 5.97 Å². The number of hydrogen-bond donors (Lipinski definition) is 4. The third-order valence-corrected chi connectivity index (χ3v) is 5.48. The second-order valence-corrected chi connectivity index (χ2v) is 7.56. The number of aliphatic carboxylic acids is 1. The van der Waals surface area contributed by atoms with Crippen molar-refractivity contribution in [1.29, 1.82) is 5.41 Å². The van der Waals surface area contributed by atoms with Crippen molar-refractivity contribution in [3.63, 3.8) is 0 Å². The van der Waals surface area contributed by atoms with Gasteiger partial charge in [-0.3, -0.25) is 19.8 Å². The molecule has 0 bridgehead atoms. The molecule has 162 valence electrons. The third-order valence-electron chi connectivity index (χ3n) is 5.48. The number of nitrogens with zero attached hydrogens (tertiary/aromatic N) is 1. The quantitative estimate of drug-likeness (QED) is 0.361. The minimum absolute atomic E-state index is 0.0184. The molecule has 1 heterocycles. The first-order valence-corrected chi connectivity index (χ1v) is 10.1. The van der Waals surface area contributed by atoms with E-state index in [2.05, 4.69) is 5.32 Å². The monoisotopic (exact) mass is 422 g/mol. The number of carbonyl (C=O) groups is 3. The van der Waals surface area contributed by atoms with E-state index in [1.807, 2.05) is 30.3 Å². The van der Waals surface area contributed by atoms with E-state index in [0.29, 0.717) is 25.1 Å². The average Bonchev–Trinajstić information content (AvgIpc) is 2.72. The predicted octanol–water partition coefficient (Wildman–Crippen LogP) is 1.84. The minimum Gasteiger partial charge on any atom is -0.481 e. The van der Waals surface area contributed by atoms with Gasteiger partial charge in [-0.2, -0.15) is 0 Å². The molecule has 1 aliphatic rings. The van der Waals surface area contributed by atoms with Crippen molar-refractivity contribution >= 4 is 23.6 Å². The largest absolute Gasteiger partial charge is 0.481 e. The molecule has 8 heteroatoms. The molecule has 0 aliphatic carbocycles. The summed E-state index contributed by atoms with van der Waals surface area (Å²) in [4.78, 5) is 38.4. The third kappa shape index (κ3) is 5.48. The second-order valence-electron chi connectivity index (χ2n) is 7.56. The highest BCUT2D eigenvalue weighted by molar-refractivity contribution is 5.95. The van der Waals surface area contributed by atoms with Gasteiger partial charge in [0.25, 0.3) is 0 Å². The van der Waals surface area contributed by atoms with Crippen molar-refractivity contribution in [2.24, 2.45) is 5.73 Å². The molecule has 2 aromatic rings. The van der Waals surface area contributed by atoms with E-state index >= 15 is 0 Å². The maximum atomic E-state index is 13.1. The van der Waals surface area contributed by atoms with E-state index in [-0.39, 0.29) is 30.5 Å². The summed E-state index contributed by atoms with van der Waals surface area (Å²) >= 11 is 0. The van der Waals surface area contributed by atoms with Gasteiger partial charge in [0.1, 0.15) is 11.9 Å². The second kappa shape index (κ2) is 9.88. The number of hydrogen-bond acceptors (Lipinski definition) is 4. The number of nitrogens with two attached hydrogens (primary N) is 1. The number of likely N-dealkylation sites (tertiary alicyclic amines) is 1. The molecule has 0 saturated carbocycles. The highest BCUT2D eigenvalue weighted by Crippen LogP contribution is 2.29. The fraction of sp³-hybridized carbons (Fsp3) is 0.304. The average molecular weight is 422 g/mol. The first-order valence-electron chi connectivity index (χ1n) is 10.1. The lowest BCUT2D eigenvalue weighted by atomic mass is 9.89. The van der Waals surface area contributed by atoms with Gasteiger partial charge < -0.3 is 21.1 Å². The summed E-state index contributed by atoms with van der Waals surface area (Å²) in [5, 5.41) is 19.3. The van der Waals surface area contributed by atoms with Gasteiger partial charge in [-0.05, 0) is 24.0 Å². The zero-order valence-corrected chi connectivity index (χ0v) is 17.1. The number of carboxylic acid groups (broad SMARTS) is 1. The van der Waals surface area contributed by atoms with Crippen molar-refractivity contribution < 1.29 is 19.5 Å². The van der Waals surface area contributed by atoms with Crippen LogP contribution in [0, 0.1) is 5.41 Å². The molecule has 2 amide bonds. The summed E-state index contributed by atoms with van der Waals surface area (Å²) in [6.45, 7) is 0.775. The molecule has 1 saturated heterocycles. The molecule has 0 unspecified atom stereocenters. The lowest BCUT2D eigenvalue weighted by Gasteiger charge is -2.41. The van der Waals surface area contributed by atoms with Gasteiger partial charge in [0.2, 0.25) is 11.8 Å². The lowest BCUT2D eigenvalue weighted by Crippen LogP contribution is -2.59. The van der Waals surface area contributed by atoms with Crippen molar-refractivity contribution in [1.82, 2.24) is 10.2 Å². The first kappa shape index (κ1) is 22.0. The van der Waals surface area contributed by atoms with Crippen LogP contribution in [0.25, 0.3) is 0 Å². The Kier molecular flexibility index (Phi) is 7.02. The molecular weight excluding hydrogens is 396 g/mol. The van der Waals surface area contributed by atoms with Crippen molar-refractivity contribution in [3.8, 4) is 0 Å². The molecule has 0 radical (unpaired) electrons. The summed E-state index contributed by atoms with van der Waals surface area (Å²) in [6.07, 6.45) is 0.638. The number of nitrogens with one attached hydrogen (secondary N) is 2. The Morgan fingerprint density at radius 2 is 1.81 bits per heavy atom. The Labute approximate surface area is 180 Å². The van der Waals surface area contributed by atoms with Crippen molar-refractivity contribution in [2.45, 2.75) is 37.8 Å². The topological polar surface area (TPSA) is 137 Å². The fourth-order valence-electron chi connectivity index (χ4n) is 3.62. The summed E-state index contributed by atoms with van der Waals surface area (Å²) in [7, 11) is 0. The van der Waals surface area contributed by atoms with Gasteiger partial charge in [0.15, 0.2) is 0 Å². The van der Waals surface area contributed by atoms with Crippen LogP contribution in [0.3, 0.4) is 0 Å². The molecule has 1 fully saturated rings. The van der Waals surface area contributed by atoms with E-state index in [9.17, 15) is 14.4 Å². The first-order chi connectivity index (χ1) is 14.9. The molecule has 1 aliphatic heterocycles. The Hall–Kier alpha value is -3.68. The van der Waals surface area contributed by atoms with Crippen LogP contribution < -0.4 is 11.1 Å². The Bertz CT molecular complexity index is 959. The molecular formula is C23H26N4O4. The minimum atomic E-state index is -0.956. The molecule has 5 N–H and O–H groups in total. The number of carbonyl (C=O) groups excluding carboxylic acids is 2. The molecule has 3 rings (SSSR count). The Balaban J connectivity index is 1.62. The van der Waals surface area contributed by atoms with Crippen LogP contribution in [0.5, 0.6) is 0 Å². The van der Waals surface area contributed by atoms with Crippen LogP contribution in [-0.4, -0.2) is 46.2 Å². The van der Waals surface area contributed by atoms with Crippen molar-refractivity contribution in [3.05, 3.63) is 71.3 Å². The van der Waals surface area contributed by atoms with Crippen LogP contribution in [0.1, 0.15) is 41.9 Å². The van der Waals surface area contributed by atoms with E-state index in [4.69, 9.17) is 16.2 Å². The van der Waals surface area contributed by atoms with Crippen molar-refractivity contribution in [2.75, 3.05) is 6.54 Å².